The number of hydrogen-bond donors (Lipinski definition) is 2. The average Bonchev–Trinajstić information content (AvgIpc) is 3.89. The van der Waals surface area contributed by atoms with Gasteiger partial charge in [-0.05, 0) is 48.7 Å². The highest BCUT2D eigenvalue weighted by Crippen LogP contribution is 2.52. The number of aliphatic hydroxyl groups is 1. The van der Waals surface area contributed by atoms with Crippen LogP contribution in [0.3, 0.4) is 0 Å². The Morgan fingerprint density at radius 3 is 2.20 bits per heavy atom. The van der Waals surface area contributed by atoms with Crippen LogP contribution in [0.5, 0.6) is 0 Å². The molecule has 3 fully saturated rings. The number of nitro groups is 2. The molecule has 2 aromatic carbocycles. The SMILES string of the molecule is C[C@@H](O)[C@H]1C(=O)N2C(C(=O)OCc3ccc([N+](=O)[O-])cc3)=C(SC3CN(c4nc(C(=O)N[C@H]5CCN(C(=O)OCc6ccc([N+](=O)[O-])cc6)C5)co4)C3)[C@H](C)[C@H]12. The fourth-order valence-corrected chi connectivity index (χ4v) is 8.73. The number of esters is 1. The van der Waals surface area contributed by atoms with Gasteiger partial charge >= 0.3 is 12.1 Å². The van der Waals surface area contributed by atoms with E-state index >= 15 is 0 Å². The van der Waals surface area contributed by atoms with Gasteiger partial charge in [0.15, 0.2) is 5.69 Å². The lowest BCUT2D eigenvalue weighted by atomic mass is 9.79. The van der Waals surface area contributed by atoms with Crippen molar-refractivity contribution in [1.29, 1.82) is 0 Å². The molecule has 0 saturated carbocycles. The first kappa shape index (κ1) is 38.3. The minimum absolute atomic E-state index is 0.0301. The number of thioether (sulfide) groups is 1. The van der Waals surface area contributed by atoms with E-state index in [1.165, 1.54) is 76.4 Å². The molecule has 2 N–H and O–H groups in total. The number of likely N-dealkylation sites (tertiary alicyclic amines) is 1. The maximum Gasteiger partial charge on any atom is 0.410 e. The van der Waals surface area contributed by atoms with Crippen LogP contribution in [-0.4, -0.2) is 103 Å². The summed E-state index contributed by atoms with van der Waals surface area (Å²) >= 11 is 1.44. The van der Waals surface area contributed by atoms with E-state index in [1.807, 2.05) is 11.8 Å². The first-order chi connectivity index (χ1) is 26.8. The number of benzene rings is 2. The zero-order valence-corrected chi connectivity index (χ0v) is 31.0. The summed E-state index contributed by atoms with van der Waals surface area (Å²) < 4.78 is 16.5. The van der Waals surface area contributed by atoms with Crippen LogP contribution in [0, 0.1) is 32.1 Å². The highest BCUT2D eigenvalue weighted by Gasteiger charge is 2.60. The monoisotopic (exact) mass is 791 g/mol. The molecule has 4 aliphatic rings. The third kappa shape index (κ3) is 7.61. The number of nitrogens with one attached hydrogen (secondary N) is 1. The van der Waals surface area contributed by atoms with E-state index in [4.69, 9.17) is 13.9 Å². The van der Waals surface area contributed by atoms with E-state index in [-0.39, 0.29) is 71.7 Å². The molecule has 56 heavy (non-hydrogen) atoms. The van der Waals surface area contributed by atoms with E-state index in [0.717, 1.165) is 0 Å². The summed E-state index contributed by atoms with van der Waals surface area (Å²) in [5, 5.41) is 35.0. The molecule has 0 spiro atoms. The molecule has 0 bridgehead atoms. The Bertz CT molecular complexity index is 2080. The smallest absolute Gasteiger partial charge is 0.410 e. The van der Waals surface area contributed by atoms with Gasteiger partial charge in [-0.1, -0.05) is 6.92 Å². The van der Waals surface area contributed by atoms with Crippen molar-refractivity contribution in [1.82, 2.24) is 20.1 Å². The normalized spacial score (nSPS) is 22.3. The molecule has 5 atom stereocenters. The second kappa shape index (κ2) is 15.6. The van der Waals surface area contributed by atoms with Crippen LogP contribution in [0.4, 0.5) is 22.2 Å². The van der Waals surface area contributed by atoms with Crippen molar-refractivity contribution in [3.05, 3.63) is 102 Å². The van der Waals surface area contributed by atoms with Gasteiger partial charge in [0.25, 0.3) is 23.3 Å². The number of rotatable bonds is 13. The Labute approximate surface area is 322 Å². The molecule has 7 rings (SSSR count). The van der Waals surface area contributed by atoms with Crippen LogP contribution in [-0.2, 0) is 32.3 Å². The first-order valence-electron chi connectivity index (χ1n) is 17.8. The second-order valence-electron chi connectivity index (χ2n) is 14.0. The number of amides is 3. The van der Waals surface area contributed by atoms with E-state index in [1.54, 1.807) is 6.92 Å². The number of nitrogens with zero attached hydrogens (tertiary/aromatic N) is 6. The number of oxazole rings is 1. The Morgan fingerprint density at radius 1 is 1.00 bits per heavy atom. The largest absolute Gasteiger partial charge is 0.456 e. The molecule has 20 heteroatoms. The predicted octanol–water partition coefficient (Wildman–Crippen LogP) is 3.37. The van der Waals surface area contributed by atoms with Crippen molar-refractivity contribution in [2.24, 2.45) is 11.8 Å². The second-order valence-corrected chi connectivity index (χ2v) is 15.4. The summed E-state index contributed by atoms with van der Waals surface area (Å²) in [6.07, 6.45) is 0.275. The minimum atomic E-state index is -0.908. The van der Waals surface area contributed by atoms with Gasteiger partial charge in [0, 0.05) is 72.6 Å². The molecule has 4 aliphatic heterocycles. The fraction of sp³-hybridized carbons (Fsp3) is 0.417. The summed E-state index contributed by atoms with van der Waals surface area (Å²) in [5.74, 6) is -2.46. The molecular formula is C36H37N7O12S. The first-order valence-corrected chi connectivity index (χ1v) is 18.7. The zero-order valence-electron chi connectivity index (χ0n) is 30.1. The van der Waals surface area contributed by atoms with E-state index in [2.05, 4.69) is 10.3 Å². The summed E-state index contributed by atoms with van der Waals surface area (Å²) in [6.45, 7) is 4.76. The molecule has 1 aromatic heterocycles. The minimum Gasteiger partial charge on any atom is -0.456 e. The Hall–Kier alpha value is -6.02. The molecule has 0 radical (unpaired) electrons. The number of carbonyl (C=O) groups is 4. The molecule has 3 aromatic rings. The van der Waals surface area contributed by atoms with Crippen molar-refractivity contribution in [2.75, 3.05) is 31.1 Å². The Morgan fingerprint density at radius 2 is 1.61 bits per heavy atom. The van der Waals surface area contributed by atoms with Crippen LogP contribution >= 0.6 is 11.8 Å². The number of ether oxygens (including phenoxy) is 2. The highest BCUT2D eigenvalue weighted by molar-refractivity contribution is 8.03. The summed E-state index contributed by atoms with van der Waals surface area (Å²) in [7, 11) is 0. The zero-order chi connectivity index (χ0) is 39.8. The fourth-order valence-electron chi connectivity index (χ4n) is 7.22. The van der Waals surface area contributed by atoms with Gasteiger partial charge in [-0.2, -0.15) is 4.98 Å². The highest BCUT2D eigenvalue weighted by atomic mass is 32.2. The van der Waals surface area contributed by atoms with E-state index in [0.29, 0.717) is 42.1 Å². The molecule has 0 aliphatic carbocycles. The van der Waals surface area contributed by atoms with Crippen LogP contribution in [0.1, 0.15) is 41.9 Å². The number of aromatic nitrogens is 1. The lowest BCUT2D eigenvalue weighted by Gasteiger charge is -2.46. The van der Waals surface area contributed by atoms with Gasteiger partial charge in [-0.3, -0.25) is 29.8 Å². The van der Waals surface area contributed by atoms with Crippen molar-refractivity contribution < 1.29 is 48.0 Å². The van der Waals surface area contributed by atoms with Gasteiger partial charge in [0.05, 0.1) is 27.9 Å². The molecule has 5 heterocycles. The molecule has 3 amide bonds. The van der Waals surface area contributed by atoms with Gasteiger partial charge < -0.3 is 39.0 Å². The van der Waals surface area contributed by atoms with E-state index < -0.39 is 45.9 Å². The number of aliphatic hydroxyl groups excluding tert-OH is 1. The molecular weight excluding hydrogens is 754 g/mol. The number of anilines is 1. The number of carbonyl (C=O) groups excluding carboxylic acids is 4. The Kier molecular flexibility index (Phi) is 10.7. The van der Waals surface area contributed by atoms with Crippen molar-refractivity contribution in [3.8, 4) is 0 Å². The summed E-state index contributed by atoms with van der Waals surface area (Å²) in [4.78, 5) is 82.8. The topological polar surface area (TPSA) is 241 Å². The van der Waals surface area contributed by atoms with Crippen LogP contribution < -0.4 is 10.2 Å². The van der Waals surface area contributed by atoms with Crippen LogP contribution in [0.2, 0.25) is 0 Å². The standard InChI is InChI=1S/C36H37N7O12S/c1-19-29-28(20(2)44)33(46)41(29)30(34(47)53-16-21-3-7-24(8-4-21)42(49)50)31(19)56-26-14-40(15-26)35-38-27(18-54-35)32(45)37-23-11-12-39(13-23)36(48)55-17-22-5-9-25(10-6-22)43(51)52/h3-10,18-20,23,26,28-29,44H,11-17H2,1-2H3,(H,37,45)/t19-,20-,23+,28-,29-/m1/s1. The van der Waals surface area contributed by atoms with Gasteiger partial charge in [-0.15, -0.1) is 11.8 Å². The van der Waals surface area contributed by atoms with Crippen LogP contribution in [0.15, 0.2) is 69.8 Å². The Balaban J connectivity index is 0.914. The number of hydrogen-bond acceptors (Lipinski definition) is 15. The quantitative estimate of drug-likeness (QED) is 0.109. The summed E-state index contributed by atoms with van der Waals surface area (Å²) in [5.41, 5.74) is 1.17. The third-order valence-corrected chi connectivity index (χ3v) is 11.7. The van der Waals surface area contributed by atoms with Crippen LogP contribution in [0.25, 0.3) is 0 Å². The number of β-lactam (4-membered cyclic amide) rings is 1. The molecule has 19 nitrogen and oxygen atoms in total. The predicted molar refractivity (Wildman–Crippen MR) is 196 cm³/mol. The number of nitro benzene ring substituents is 2. The maximum atomic E-state index is 13.5. The van der Waals surface area contributed by atoms with Gasteiger partial charge in [0.2, 0.25) is 5.91 Å². The molecule has 3 saturated heterocycles. The van der Waals surface area contributed by atoms with Gasteiger partial charge in [-0.25, -0.2) is 9.59 Å². The van der Waals surface area contributed by atoms with E-state index in [9.17, 15) is 44.5 Å². The average molecular weight is 792 g/mol. The maximum absolute atomic E-state index is 13.5. The number of non-ortho nitro benzene ring substituents is 2. The summed E-state index contributed by atoms with van der Waals surface area (Å²) in [6, 6.07) is 10.8. The third-order valence-electron chi connectivity index (χ3n) is 10.2. The number of fused-ring (bicyclic) bond motifs is 1. The lowest BCUT2D eigenvalue weighted by molar-refractivity contribution is -0.385. The lowest BCUT2D eigenvalue weighted by Crippen LogP contribution is -2.63. The molecule has 294 valence electrons. The van der Waals surface area contributed by atoms with Crippen molar-refractivity contribution >= 4 is 53.0 Å². The van der Waals surface area contributed by atoms with Crippen molar-refractivity contribution in [3.63, 3.8) is 0 Å². The molecule has 0 unspecified atom stereocenters. The van der Waals surface area contributed by atoms with Gasteiger partial charge in [0.1, 0.15) is 25.2 Å². The van der Waals surface area contributed by atoms with Crippen molar-refractivity contribution in [2.45, 2.75) is 56.9 Å².